The van der Waals surface area contributed by atoms with E-state index in [-0.39, 0.29) is 17.4 Å². The van der Waals surface area contributed by atoms with Crippen molar-refractivity contribution in [3.8, 4) is 22.5 Å². The van der Waals surface area contributed by atoms with Gasteiger partial charge in [0.25, 0.3) is 0 Å². The van der Waals surface area contributed by atoms with Crippen LogP contribution in [0.4, 0.5) is 14.5 Å². The highest BCUT2D eigenvalue weighted by Gasteiger charge is 2.19. The number of hydrogen-bond acceptors (Lipinski definition) is 5. The number of aliphatic hydroxyl groups excluding tert-OH is 1. The van der Waals surface area contributed by atoms with E-state index in [2.05, 4.69) is 25.4 Å². The van der Waals surface area contributed by atoms with Gasteiger partial charge in [0.15, 0.2) is 0 Å². The first kappa shape index (κ1) is 21.5. The zero-order chi connectivity index (χ0) is 22.9. The van der Waals surface area contributed by atoms with Crippen LogP contribution in [0.1, 0.15) is 18.4 Å². The van der Waals surface area contributed by atoms with E-state index in [9.17, 15) is 13.9 Å². The van der Waals surface area contributed by atoms with Gasteiger partial charge in [-0.3, -0.25) is 10.1 Å². The van der Waals surface area contributed by atoms with Crippen LogP contribution in [-0.2, 0) is 6.54 Å². The van der Waals surface area contributed by atoms with E-state index < -0.39 is 11.6 Å². The lowest BCUT2D eigenvalue weighted by molar-refractivity contribution is 0.145. The maximum absolute atomic E-state index is 14.8. The molecule has 0 aliphatic carbocycles. The first-order valence-electron chi connectivity index (χ1n) is 11.0. The minimum absolute atomic E-state index is 0.147. The predicted octanol–water partition coefficient (Wildman–Crippen LogP) is 4.25. The smallest absolute Gasteiger partial charge is 0.135 e. The van der Waals surface area contributed by atoms with Crippen LogP contribution in [0.2, 0.25) is 0 Å². The molecule has 2 aromatic carbocycles. The third-order valence-corrected chi connectivity index (χ3v) is 6.16. The third-order valence-electron chi connectivity index (χ3n) is 6.16. The number of aromatic nitrogens is 3. The Balaban J connectivity index is 1.48. The number of aromatic amines is 1. The lowest BCUT2D eigenvalue weighted by Crippen LogP contribution is -2.35. The minimum Gasteiger partial charge on any atom is -0.393 e. The summed E-state index contributed by atoms with van der Waals surface area (Å²) in [5.74, 6) is -1.29. The molecule has 0 atom stereocenters. The molecular formula is C25H25F2N5O. The number of H-pyrrole nitrogens is 1. The third kappa shape index (κ3) is 4.19. The first-order chi connectivity index (χ1) is 16.0. The van der Waals surface area contributed by atoms with Crippen molar-refractivity contribution in [2.75, 3.05) is 25.0 Å². The van der Waals surface area contributed by atoms with E-state index in [1.54, 1.807) is 19.3 Å². The monoisotopic (exact) mass is 449 g/mol. The number of hydrogen-bond donors (Lipinski definition) is 3. The molecule has 0 amide bonds. The summed E-state index contributed by atoms with van der Waals surface area (Å²) >= 11 is 0. The number of benzene rings is 2. The minimum atomic E-state index is -0.645. The van der Waals surface area contributed by atoms with Crippen molar-refractivity contribution < 1.29 is 13.9 Å². The summed E-state index contributed by atoms with van der Waals surface area (Å²) in [6.45, 7) is 2.02. The fraction of sp³-hybridized carbons (Fsp3) is 0.280. The molecule has 0 radical (unpaired) electrons. The number of rotatable bonds is 5. The Morgan fingerprint density at radius 2 is 1.79 bits per heavy atom. The van der Waals surface area contributed by atoms with Gasteiger partial charge in [-0.15, -0.1) is 0 Å². The number of pyridine rings is 1. The standard InChI is InChI=1S/C25H25F2N5O/c1-28-13-15-10-20(26)24(21(27)11-15)22-12-19-23(14-29-22)30-31-25(19)16-2-4-17(5-3-16)32-8-6-18(33)7-9-32/h2-5,10-12,14,18,28,33H,6-9,13H2,1H3,(H,30,31). The van der Waals surface area contributed by atoms with E-state index in [4.69, 9.17) is 0 Å². The summed E-state index contributed by atoms with van der Waals surface area (Å²) in [5.41, 5.74) is 3.98. The van der Waals surface area contributed by atoms with Crippen molar-refractivity contribution in [1.29, 1.82) is 0 Å². The normalized spacial score (nSPS) is 14.8. The Kier molecular flexibility index (Phi) is 5.78. The molecule has 3 heterocycles. The van der Waals surface area contributed by atoms with Gasteiger partial charge < -0.3 is 15.3 Å². The molecule has 1 aliphatic rings. The molecule has 0 bridgehead atoms. The van der Waals surface area contributed by atoms with Crippen molar-refractivity contribution in [1.82, 2.24) is 20.5 Å². The van der Waals surface area contributed by atoms with Crippen molar-refractivity contribution in [2.24, 2.45) is 0 Å². The number of halogens is 2. The fourth-order valence-corrected chi connectivity index (χ4v) is 4.40. The second-order valence-electron chi connectivity index (χ2n) is 8.42. The van der Waals surface area contributed by atoms with E-state index in [0.29, 0.717) is 23.3 Å². The highest BCUT2D eigenvalue weighted by molar-refractivity contribution is 5.94. The predicted molar refractivity (Wildman–Crippen MR) is 125 cm³/mol. The number of fused-ring (bicyclic) bond motifs is 1. The molecule has 170 valence electrons. The van der Waals surface area contributed by atoms with Crippen LogP contribution in [0.15, 0.2) is 48.7 Å². The first-order valence-corrected chi connectivity index (χ1v) is 11.0. The van der Waals surface area contributed by atoms with E-state index in [1.807, 2.05) is 24.3 Å². The maximum Gasteiger partial charge on any atom is 0.135 e. The number of piperidine rings is 1. The average molecular weight is 450 g/mol. The van der Waals surface area contributed by atoms with Gasteiger partial charge in [-0.25, -0.2) is 8.78 Å². The molecule has 8 heteroatoms. The second kappa shape index (κ2) is 8.88. The average Bonchev–Trinajstić information content (AvgIpc) is 3.23. The van der Waals surface area contributed by atoms with Gasteiger partial charge >= 0.3 is 0 Å². The van der Waals surface area contributed by atoms with Crippen LogP contribution >= 0.6 is 0 Å². The van der Waals surface area contributed by atoms with Gasteiger partial charge in [0.2, 0.25) is 0 Å². The van der Waals surface area contributed by atoms with Crippen LogP contribution in [0.5, 0.6) is 0 Å². The zero-order valence-electron chi connectivity index (χ0n) is 18.3. The molecule has 2 aromatic heterocycles. The summed E-state index contributed by atoms with van der Waals surface area (Å²) in [5, 5.41) is 20.7. The van der Waals surface area contributed by atoms with Crippen molar-refractivity contribution in [3.05, 3.63) is 65.9 Å². The van der Waals surface area contributed by atoms with E-state index in [0.717, 1.165) is 42.6 Å². The molecule has 33 heavy (non-hydrogen) atoms. The molecule has 1 saturated heterocycles. The summed E-state index contributed by atoms with van der Waals surface area (Å²) in [6, 6.07) is 12.4. The highest BCUT2D eigenvalue weighted by atomic mass is 19.1. The van der Waals surface area contributed by atoms with E-state index >= 15 is 0 Å². The summed E-state index contributed by atoms with van der Waals surface area (Å²) in [7, 11) is 1.73. The number of aliphatic hydroxyl groups is 1. The number of nitrogens with zero attached hydrogens (tertiary/aromatic N) is 3. The molecule has 0 unspecified atom stereocenters. The molecule has 0 spiro atoms. The topological polar surface area (TPSA) is 77.1 Å². The number of anilines is 1. The molecular weight excluding hydrogens is 424 g/mol. The highest BCUT2D eigenvalue weighted by Crippen LogP contribution is 2.33. The maximum atomic E-state index is 14.8. The second-order valence-corrected chi connectivity index (χ2v) is 8.42. The van der Waals surface area contributed by atoms with Gasteiger partial charge in [-0.05, 0) is 55.8 Å². The van der Waals surface area contributed by atoms with Gasteiger partial charge in [0, 0.05) is 36.3 Å². The number of nitrogens with one attached hydrogen (secondary N) is 2. The van der Waals surface area contributed by atoms with Crippen LogP contribution in [0.3, 0.4) is 0 Å². The van der Waals surface area contributed by atoms with Crippen molar-refractivity contribution in [3.63, 3.8) is 0 Å². The SMILES string of the molecule is CNCc1cc(F)c(-c2cc3c(-c4ccc(N5CCC(O)CC5)cc4)n[nH]c3cn2)c(F)c1. The zero-order valence-corrected chi connectivity index (χ0v) is 18.3. The molecule has 3 N–H and O–H groups in total. The Hall–Kier alpha value is -3.36. The molecule has 1 fully saturated rings. The molecule has 4 aromatic rings. The lowest BCUT2D eigenvalue weighted by atomic mass is 10.0. The molecule has 1 aliphatic heterocycles. The van der Waals surface area contributed by atoms with Gasteiger partial charge in [0.05, 0.1) is 29.1 Å². The Morgan fingerprint density at radius 3 is 2.45 bits per heavy atom. The van der Waals surface area contributed by atoms with Gasteiger partial charge in [0.1, 0.15) is 17.3 Å². The largest absolute Gasteiger partial charge is 0.393 e. The lowest BCUT2D eigenvalue weighted by Gasteiger charge is -2.31. The van der Waals surface area contributed by atoms with Crippen molar-refractivity contribution >= 4 is 16.6 Å². The van der Waals surface area contributed by atoms with Crippen LogP contribution < -0.4 is 10.2 Å². The van der Waals surface area contributed by atoms with E-state index in [1.165, 1.54) is 12.1 Å². The molecule has 6 nitrogen and oxygen atoms in total. The van der Waals surface area contributed by atoms with Crippen LogP contribution in [0, 0.1) is 11.6 Å². The summed E-state index contributed by atoms with van der Waals surface area (Å²) < 4.78 is 29.5. The van der Waals surface area contributed by atoms with Gasteiger partial charge in [-0.2, -0.15) is 5.10 Å². The molecule has 0 saturated carbocycles. The fourth-order valence-electron chi connectivity index (χ4n) is 4.40. The Labute approximate surface area is 190 Å². The Morgan fingerprint density at radius 1 is 1.09 bits per heavy atom. The van der Waals surface area contributed by atoms with Crippen LogP contribution in [-0.4, -0.2) is 46.5 Å². The summed E-state index contributed by atoms with van der Waals surface area (Å²) in [6.07, 6.45) is 2.87. The summed E-state index contributed by atoms with van der Waals surface area (Å²) in [4.78, 5) is 6.52. The van der Waals surface area contributed by atoms with Gasteiger partial charge in [-0.1, -0.05) is 12.1 Å². The van der Waals surface area contributed by atoms with Crippen LogP contribution in [0.25, 0.3) is 33.4 Å². The quantitative estimate of drug-likeness (QED) is 0.425. The van der Waals surface area contributed by atoms with Crippen molar-refractivity contribution in [2.45, 2.75) is 25.5 Å². The molecule has 5 rings (SSSR count). The Bertz CT molecular complexity index is 1260.